The van der Waals surface area contributed by atoms with Crippen LogP contribution in [0.25, 0.3) is 16.9 Å². The van der Waals surface area contributed by atoms with E-state index in [1.54, 1.807) is 0 Å². The van der Waals surface area contributed by atoms with Crippen molar-refractivity contribution < 1.29 is 4.79 Å². The summed E-state index contributed by atoms with van der Waals surface area (Å²) < 4.78 is 1.94. The lowest BCUT2D eigenvalue weighted by atomic mass is 10.2. The molecule has 1 amide bonds. The number of carbonyl (C=O) groups is 1. The lowest BCUT2D eigenvalue weighted by Crippen LogP contribution is -2.30. The molecular weight excluding hydrogens is 336 g/mol. The first-order valence-corrected chi connectivity index (χ1v) is 9.41. The lowest BCUT2D eigenvalue weighted by molar-refractivity contribution is -0.115. The molecule has 3 aromatic rings. The number of anilines is 1. The van der Waals surface area contributed by atoms with Crippen molar-refractivity contribution in [2.45, 2.75) is 19.8 Å². The highest BCUT2D eigenvalue weighted by molar-refractivity contribution is 5.91. The topological polar surface area (TPSA) is 59.0 Å². The van der Waals surface area contributed by atoms with Gasteiger partial charge in [0.1, 0.15) is 0 Å². The normalized spacial score (nSPS) is 13.5. The molecule has 0 saturated heterocycles. The molecule has 5 heteroatoms. The highest BCUT2D eigenvalue weighted by Gasteiger charge is 2.21. The van der Waals surface area contributed by atoms with Crippen molar-refractivity contribution in [2.24, 2.45) is 5.92 Å². The Morgan fingerprint density at radius 3 is 2.70 bits per heavy atom. The highest BCUT2D eigenvalue weighted by Crippen LogP contribution is 2.27. The predicted octanol–water partition coefficient (Wildman–Crippen LogP) is 3.79. The van der Waals surface area contributed by atoms with Crippen molar-refractivity contribution in [1.29, 1.82) is 0 Å². The molecule has 1 fully saturated rings. The van der Waals surface area contributed by atoms with Gasteiger partial charge in [-0.2, -0.15) is 0 Å². The monoisotopic (exact) mass is 360 g/mol. The Hall–Kier alpha value is -2.92. The molecule has 0 atom stereocenters. The van der Waals surface area contributed by atoms with Gasteiger partial charge in [0.25, 0.3) is 0 Å². The zero-order chi connectivity index (χ0) is 18.6. The Kier molecular flexibility index (Phi) is 5.03. The fraction of sp³-hybridized carbons (Fsp3) is 0.273. The molecular formula is C22H24N4O. The van der Waals surface area contributed by atoms with E-state index in [9.17, 15) is 4.79 Å². The van der Waals surface area contributed by atoms with Gasteiger partial charge in [-0.05, 0) is 49.9 Å². The summed E-state index contributed by atoms with van der Waals surface area (Å²) in [6.07, 6.45) is 4.51. The number of aryl methyl sites for hydroxylation is 1. The van der Waals surface area contributed by atoms with Crippen molar-refractivity contribution in [3.63, 3.8) is 0 Å². The van der Waals surface area contributed by atoms with Gasteiger partial charge >= 0.3 is 0 Å². The van der Waals surface area contributed by atoms with Crippen molar-refractivity contribution in [1.82, 2.24) is 14.9 Å². The molecule has 0 spiro atoms. The van der Waals surface area contributed by atoms with E-state index < -0.39 is 0 Å². The van der Waals surface area contributed by atoms with E-state index in [1.165, 1.54) is 12.8 Å². The Balaban J connectivity index is 1.59. The Morgan fingerprint density at radius 1 is 1.15 bits per heavy atom. The summed E-state index contributed by atoms with van der Waals surface area (Å²) in [5.74, 6) is 1.21. The van der Waals surface area contributed by atoms with Gasteiger partial charge in [0.05, 0.1) is 12.2 Å². The number of hydrogen-bond donors (Lipinski definition) is 2. The molecule has 5 nitrogen and oxygen atoms in total. The summed E-state index contributed by atoms with van der Waals surface area (Å²) in [5.41, 5.74) is 3.99. The standard InChI is InChI=1S/C22H24N4O/c1-16-6-5-9-19(12-16)26-15-20(18-7-3-2-4-8-18)24-22(26)25-21(27)14-23-13-17-10-11-17/h2-9,12,15,17,23H,10-11,13-14H2,1H3,(H,24,25,27). The molecule has 0 bridgehead atoms. The number of hydrogen-bond acceptors (Lipinski definition) is 3. The maximum atomic E-state index is 12.4. The zero-order valence-corrected chi connectivity index (χ0v) is 15.5. The van der Waals surface area contributed by atoms with Crippen LogP contribution in [0.3, 0.4) is 0 Å². The molecule has 2 N–H and O–H groups in total. The fourth-order valence-electron chi connectivity index (χ4n) is 3.07. The maximum absolute atomic E-state index is 12.4. The maximum Gasteiger partial charge on any atom is 0.240 e. The first-order valence-electron chi connectivity index (χ1n) is 9.41. The zero-order valence-electron chi connectivity index (χ0n) is 15.5. The quantitative estimate of drug-likeness (QED) is 0.674. The summed E-state index contributed by atoms with van der Waals surface area (Å²) in [5, 5.41) is 6.19. The number of aromatic nitrogens is 2. The van der Waals surface area contributed by atoms with Crippen LogP contribution in [0.2, 0.25) is 0 Å². The van der Waals surface area contributed by atoms with E-state index in [2.05, 4.69) is 34.7 Å². The number of nitrogens with one attached hydrogen (secondary N) is 2. The summed E-state index contributed by atoms with van der Waals surface area (Å²) in [6, 6.07) is 18.2. The molecule has 138 valence electrons. The molecule has 1 saturated carbocycles. The first-order chi connectivity index (χ1) is 13.2. The van der Waals surface area contributed by atoms with Crippen LogP contribution >= 0.6 is 0 Å². The van der Waals surface area contributed by atoms with Crippen LogP contribution < -0.4 is 10.6 Å². The Morgan fingerprint density at radius 2 is 1.96 bits per heavy atom. The molecule has 2 aromatic carbocycles. The molecule has 4 rings (SSSR count). The SMILES string of the molecule is Cc1cccc(-n2cc(-c3ccccc3)nc2NC(=O)CNCC2CC2)c1. The number of amides is 1. The minimum absolute atomic E-state index is 0.0743. The van der Waals surface area contributed by atoms with E-state index in [-0.39, 0.29) is 5.91 Å². The average molecular weight is 360 g/mol. The van der Waals surface area contributed by atoms with Crippen LogP contribution in [0.4, 0.5) is 5.95 Å². The van der Waals surface area contributed by atoms with E-state index in [1.807, 2.05) is 53.2 Å². The van der Waals surface area contributed by atoms with E-state index in [4.69, 9.17) is 0 Å². The molecule has 1 aliphatic rings. The molecule has 0 aliphatic heterocycles. The number of nitrogens with zero attached hydrogens (tertiary/aromatic N) is 2. The van der Waals surface area contributed by atoms with Crippen LogP contribution in [0.15, 0.2) is 60.8 Å². The van der Waals surface area contributed by atoms with E-state index in [0.717, 1.165) is 35.0 Å². The molecule has 27 heavy (non-hydrogen) atoms. The summed E-state index contributed by atoms with van der Waals surface area (Å²) in [6.45, 7) is 3.27. The van der Waals surface area contributed by atoms with Crippen LogP contribution in [0, 0.1) is 12.8 Å². The Bertz CT molecular complexity index is 928. The van der Waals surface area contributed by atoms with Crippen LogP contribution in [-0.4, -0.2) is 28.5 Å². The minimum Gasteiger partial charge on any atom is -0.308 e. The van der Waals surface area contributed by atoms with Gasteiger partial charge < -0.3 is 5.32 Å². The van der Waals surface area contributed by atoms with Gasteiger partial charge in [0.2, 0.25) is 11.9 Å². The molecule has 0 radical (unpaired) electrons. The number of benzene rings is 2. The van der Waals surface area contributed by atoms with E-state index in [0.29, 0.717) is 12.5 Å². The third kappa shape index (κ3) is 4.44. The largest absolute Gasteiger partial charge is 0.308 e. The van der Waals surface area contributed by atoms with Crippen molar-refractivity contribution >= 4 is 11.9 Å². The number of rotatable bonds is 7. The molecule has 1 aromatic heterocycles. The number of imidazole rings is 1. The van der Waals surface area contributed by atoms with Crippen LogP contribution in [0.5, 0.6) is 0 Å². The third-order valence-electron chi connectivity index (χ3n) is 4.72. The van der Waals surface area contributed by atoms with Gasteiger partial charge in [0, 0.05) is 17.4 Å². The lowest BCUT2D eigenvalue weighted by Gasteiger charge is -2.10. The van der Waals surface area contributed by atoms with Gasteiger partial charge in [-0.1, -0.05) is 42.5 Å². The van der Waals surface area contributed by atoms with E-state index >= 15 is 0 Å². The highest BCUT2D eigenvalue weighted by atomic mass is 16.2. The van der Waals surface area contributed by atoms with Crippen LogP contribution in [0.1, 0.15) is 18.4 Å². The fourth-order valence-corrected chi connectivity index (χ4v) is 3.07. The first kappa shape index (κ1) is 17.5. The molecule has 1 heterocycles. The second-order valence-electron chi connectivity index (χ2n) is 7.15. The summed E-state index contributed by atoms with van der Waals surface area (Å²) >= 11 is 0. The minimum atomic E-state index is -0.0743. The molecule has 1 aliphatic carbocycles. The van der Waals surface area contributed by atoms with Gasteiger partial charge in [-0.15, -0.1) is 0 Å². The van der Waals surface area contributed by atoms with Gasteiger partial charge in [-0.25, -0.2) is 4.98 Å². The third-order valence-corrected chi connectivity index (χ3v) is 4.72. The van der Waals surface area contributed by atoms with Crippen molar-refractivity contribution in [3.8, 4) is 16.9 Å². The van der Waals surface area contributed by atoms with Gasteiger partial charge in [0.15, 0.2) is 0 Å². The predicted molar refractivity (Wildman–Crippen MR) is 108 cm³/mol. The van der Waals surface area contributed by atoms with Crippen molar-refractivity contribution in [2.75, 3.05) is 18.4 Å². The van der Waals surface area contributed by atoms with Gasteiger partial charge in [-0.3, -0.25) is 14.7 Å². The molecule has 0 unspecified atom stereocenters. The number of carbonyl (C=O) groups excluding carboxylic acids is 1. The summed E-state index contributed by atoms with van der Waals surface area (Å²) in [7, 11) is 0. The smallest absolute Gasteiger partial charge is 0.240 e. The summed E-state index contributed by atoms with van der Waals surface area (Å²) in [4.78, 5) is 17.1. The van der Waals surface area contributed by atoms with Crippen LogP contribution in [-0.2, 0) is 4.79 Å². The Labute approximate surface area is 159 Å². The average Bonchev–Trinajstić information content (AvgIpc) is 3.40. The second kappa shape index (κ2) is 7.76. The van der Waals surface area contributed by atoms with Crippen molar-refractivity contribution in [3.05, 3.63) is 66.4 Å². The second-order valence-corrected chi connectivity index (χ2v) is 7.15.